The normalized spacial score (nSPS) is 10.7. The molecule has 3 rings (SSSR count). The monoisotopic (exact) mass is 271 g/mol. The number of carbonyl (C=O) groups excluding carboxylic acids is 1. The summed E-state index contributed by atoms with van der Waals surface area (Å²) in [7, 11) is 0. The van der Waals surface area contributed by atoms with E-state index in [1.165, 1.54) is 16.6 Å². The molecule has 1 amide bonds. The van der Waals surface area contributed by atoms with Gasteiger partial charge < -0.3 is 5.32 Å². The average molecular weight is 271 g/mol. The first-order valence-electron chi connectivity index (χ1n) is 5.89. The highest BCUT2D eigenvalue weighted by atomic mass is 19.1. The Kier molecular flexibility index (Phi) is 2.86. The number of hydrogen-bond acceptors (Lipinski definition) is 4. The van der Waals surface area contributed by atoms with Gasteiger partial charge in [-0.1, -0.05) is 12.1 Å². The van der Waals surface area contributed by atoms with Gasteiger partial charge in [0.05, 0.1) is 5.69 Å². The Labute approximate surface area is 113 Å². The van der Waals surface area contributed by atoms with Crippen molar-refractivity contribution in [1.82, 2.24) is 19.6 Å². The van der Waals surface area contributed by atoms with Gasteiger partial charge in [0.25, 0.3) is 11.7 Å². The van der Waals surface area contributed by atoms with Gasteiger partial charge in [-0.15, -0.1) is 5.10 Å². The average Bonchev–Trinajstić information content (AvgIpc) is 2.87. The third-order valence-corrected chi connectivity index (χ3v) is 2.76. The van der Waals surface area contributed by atoms with E-state index >= 15 is 0 Å². The Morgan fingerprint density at radius 3 is 2.85 bits per heavy atom. The summed E-state index contributed by atoms with van der Waals surface area (Å²) in [6.45, 7) is 1.82. The highest BCUT2D eigenvalue weighted by molar-refractivity contribution is 6.01. The van der Waals surface area contributed by atoms with E-state index in [0.717, 1.165) is 5.69 Å². The molecule has 2 heterocycles. The van der Waals surface area contributed by atoms with Crippen LogP contribution in [0.3, 0.4) is 0 Å². The summed E-state index contributed by atoms with van der Waals surface area (Å²) < 4.78 is 14.9. The molecule has 2 aromatic heterocycles. The third kappa shape index (κ3) is 2.09. The minimum absolute atomic E-state index is 0.0601. The minimum Gasteiger partial charge on any atom is -0.317 e. The number of para-hydroxylation sites is 1. The third-order valence-electron chi connectivity index (χ3n) is 2.76. The number of halogens is 1. The van der Waals surface area contributed by atoms with Crippen molar-refractivity contribution < 1.29 is 9.18 Å². The number of fused-ring (bicyclic) bond motifs is 1. The summed E-state index contributed by atoms with van der Waals surface area (Å²) in [6, 6.07) is 7.65. The lowest BCUT2D eigenvalue weighted by molar-refractivity contribution is 0.101. The summed E-state index contributed by atoms with van der Waals surface area (Å²) >= 11 is 0. The first kappa shape index (κ1) is 12.2. The lowest BCUT2D eigenvalue weighted by atomic mass is 10.3. The molecule has 0 unspecified atom stereocenters. The van der Waals surface area contributed by atoms with Crippen molar-refractivity contribution in [1.29, 1.82) is 0 Å². The van der Waals surface area contributed by atoms with Crippen LogP contribution in [0, 0.1) is 12.7 Å². The van der Waals surface area contributed by atoms with Gasteiger partial charge in [-0.05, 0) is 25.1 Å². The zero-order valence-corrected chi connectivity index (χ0v) is 10.5. The zero-order valence-electron chi connectivity index (χ0n) is 10.5. The fourth-order valence-electron chi connectivity index (χ4n) is 1.74. The quantitative estimate of drug-likeness (QED) is 0.771. The molecular formula is C13H10FN5O. The molecule has 0 bridgehead atoms. The van der Waals surface area contributed by atoms with E-state index in [-0.39, 0.29) is 11.5 Å². The van der Waals surface area contributed by atoms with Crippen LogP contribution >= 0.6 is 0 Å². The number of carbonyl (C=O) groups is 1. The van der Waals surface area contributed by atoms with E-state index in [9.17, 15) is 9.18 Å². The van der Waals surface area contributed by atoms with Crippen molar-refractivity contribution in [2.75, 3.05) is 5.32 Å². The summed E-state index contributed by atoms with van der Waals surface area (Å²) in [5.74, 6) is -0.836. The molecule has 0 radical (unpaired) electrons. The van der Waals surface area contributed by atoms with Gasteiger partial charge in [0.2, 0.25) is 5.82 Å². The van der Waals surface area contributed by atoms with Crippen molar-refractivity contribution in [3.63, 3.8) is 0 Å². The maximum atomic E-state index is 13.5. The molecule has 0 saturated carbocycles. The van der Waals surface area contributed by atoms with Crippen molar-refractivity contribution in [3.8, 4) is 0 Å². The van der Waals surface area contributed by atoms with E-state index < -0.39 is 11.7 Å². The van der Waals surface area contributed by atoms with Gasteiger partial charge in [-0.2, -0.15) is 4.98 Å². The molecule has 0 aliphatic carbocycles. The predicted octanol–water partition coefficient (Wildman–Crippen LogP) is 1.82. The molecule has 100 valence electrons. The first-order valence-corrected chi connectivity index (χ1v) is 5.89. The maximum absolute atomic E-state index is 13.5. The number of aromatic nitrogens is 4. The molecule has 7 heteroatoms. The van der Waals surface area contributed by atoms with Crippen LogP contribution in [0.4, 0.5) is 10.1 Å². The molecule has 20 heavy (non-hydrogen) atoms. The molecule has 0 aliphatic rings. The van der Waals surface area contributed by atoms with Crippen molar-refractivity contribution in [2.45, 2.75) is 6.92 Å². The highest BCUT2D eigenvalue weighted by Crippen LogP contribution is 2.13. The van der Waals surface area contributed by atoms with Crippen LogP contribution in [-0.4, -0.2) is 25.5 Å². The number of amides is 1. The number of nitrogens with zero attached hydrogens (tertiary/aromatic N) is 4. The van der Waals surface area contributed by atoms with Gasteiger partial charge in [0, 0.05) is 11.9 Å². The Morgan fingerprint density at radius 2 is 2.10 bits per heavy atom. The number of nitrogens with one attached hydrogen (secondary N) is 1. The van der Waals surface area contributed by atoms with E-state index in [1.807, 2.05) is 6.92 Å². The molecule has 1 N–H and O–H groups in total. The summed E-state index contributed by atoms with van der Waals surface area (Å²) in [5.41, 5.74) is 0.883. The number of benzene rings is 1. The highest BCUT2D eigenvalue weighted by Gasteiger charge is 2.15. The minimum atomic E-state index is -0.583. The topological polar surface area (TPSA) is 72.2 Å². The van der Waals surface area contributed by atoms with E-state index in [0.29, 0.717) is 5.78 Å². The zero-order chi connectivity index (χ0) is 14.1. The predicted molar refractivity (Wildman–Crippen MR) is 69.9 cm³/mol. The van der Waals surface area contributed by atoms with Gasteiger partial charge in [-0.3, -0.25) is 4.79 Å². The smallest absolute Gasteiger partial charge is 0.295 e. The van der Waals surface area contributed by atoms with Crippen LogP contribution in [0.1, 0.15) is 16.3 Å². The van der Waals surface area contributed by atoms with Gasteiger partial charge >= 0.3 is 0 Å². The summed E-state index contributed by atoms with van der Waals surface area (Å²) in [6.07, 6.45) is 1.58. The Morgan fingerprint density at radius 1 is 1.30 bits per heavy atom. The lowest BCUT2D eigenvalue weighted by Gasteiger charge is -2.02. The van der Waals surface area contributed by atoms with Crippen LogP contribution in [0.2, 0.25) is 0 Å². The molecule has 0 fully saturated rings. The fourth-order valence-corrected chi connectivity index (χ4v) is 1.74. The van der Waals surface area contributed by atoms with Crippen molar-refractivity contribution in [3.05, 3.63) is 53.9 Å². The Balaban J connectivity index is 1.93. The van der Waals surface area contributed by atoms with Gasteiger partial charge in [0.15, 0.2) is 0 Å². The SMILES string of the molecule is Cc1ccnc2nc(C(=O)Nc3ccccc3F)nn12. The molecule has 0 atom stereocenters. The van der Waals surface area contributed by atoms with Crippen LogP contribution in [0.15, 0.2) is 36.5 Å². The Hall–Kier alpha value is -2.83. The van der Waals surface area contributed by atoms with Crippen molar-refractivity contribution in [2.24, 2.45) is 0 Å². The lowest BCUT2D eigenvalue weighted by Crippen LogP contribution is -2.15. The number of hydrogen-bond donors (Lipinski definition) is 1. The van der Waals surface area contributed by atoms with Crippen LogP contribution in [-0.2, 0) is 0 Å². The summed E-state index contributed by atoms with van der Waals surface area (Å²) in [4.78, 5) is 20.0. The summed E-state index contributed by atoms with van der Waals surface area (Å²) in [5, 5.41) is 6.47. The van der Waals surface area contributed by atoms with E-state index in [4.69, 9.17) is 0 Å². The molecule has 0 spiro atoms. The van der Waals surface area contributed by atoms with Crippen molar-refractivity contribution >= 4 is 17.4 Å². The molecule has 6 nitrogen and oxygen atoms in total. The van der Waals surface area contributed by atoms with Gasteiger partial charge in [0.1, 0.15) is 5.82 Å². The Bertz CT molecular complexity index is 798. The molecule has 0 aliphatic heterocycles. The van der Waals surface area contributed by atoms with Crippen LogP contribution < -0.4 is 5.32 Å². The number of rotatable bonds is 2. The first-order chi connectivity index (χ1) is 9.65. The molecule has 1 aromatic carbocycles. The standard InChI is InChI=1S/C13H10FN5O/c1-8-6-7-15-13-17-11(18-19(8)13)12(20)16-10-5-3-2-4-9(10)14/h2-7H,1H3,(H,16,20). The number of aryl methyl sites for hydroxylation is 1. The van der Waals surface area contributed by atoms with Crippen LogP contribution in [0.5, 0.6) is 0 Å². The number of anilines is 1. The maximum Gasteiger partial charge on any atom is 0.295 e. The fraction of sp³-hybridized carbons (Fsp3) is 0.0769. The largest absolute Gasteiger partial charge is 0.317 e. The molecule has 3 aromatic rings. The second kappa shape index (κ2) is 4.69. The molecule has 0 saturated heterocycles. The second-order valence-electron chi connectivity index (χ2n) is 4.17. The van der Waals surface area contributed by atoms with E-state index in [2.05, 4.69) is 20.4 Å². The van der Waals surface area contributed by atoms with E-state index in [1.54, 1.807) is 24.4 Å². The molecular weight excluding hydrogens is 261 g/mol. The second-order valence-corrected chi connectivity index (χ2v) is 4.17. The van der Waals surface area contributed by atoms with Gasteiger partial charge in [-0.25, -0.2) is 13.9 Å². The van der Waals surface area contributed by atoms with Crippen LogP contribution in [0.25, 0.3) is 5.78 Å².